The molecule has 1 atom stereocenters. The van der Waals surface area contributed by atoms with E-state index in [4.69, 9.17) is 16.0 Å². The highest BCUT2D eigenvalue weighted by atomic mass is 35.5. The lowest BCUT2D eigenvalue weighted by molar-refractivity contribution is -0.122. The van der Waals surface area contributed by atoms with Gasteiger partial charge in [0.05, 0.1) is 12.3 Å². The monoisotopic (exact) mass is 348 g/mol. The van der Waals surface area contributed by atoms with Gasteiger partial charge in [-0.1, -0.05) is 37.6 Å². The van der Waals surface area contributed by atoms with Crippen molar-refractivity contribution in [3.63, 3.8) is 0 Å². The zero-order valence-corrected chi connectivity index (χ0v) is 15.4. The van der Waals surface area contributed by atoms with Crippen molar-refractivity contribution in [1.29, 1.82) is 0 Å². The number of nitrogens with one attached hydrogen (secondary N) is 1. The van der Waals surface area contributed by atoms with Crippen molar-refractivity contribution >= 4 is 17.5 Å². The number of halogens is 1. The van der Waals surface area contributed by atoms with Crippen LogP contribution < -0.4 is 5.32 Å². The predicted octanol–water partition coefficient (Wildman–Crippen LogP) is 4.02. The quantitative estimate of drug-likeness (QED) is 0.822. The van der Waals surface area contributed by atoms with Gasteiger partial charge in [0.1, 0.15) is 5.76 Å². The Labute approximate surface area is 148 Å². The maximum absolute atomic E-state index is 12.4. The van der Waals surface area contributed by atoms with E-state index >= 15 is 0 Å². The molecule has 0 radical (unpaired) electrons. The Morgan fingerprint density at radius 2 is 1.92 bits per heavy atom. The second-order valence-electron chi connectivity index (χ2n) is 6.87. The van der Waals surface area contributed by atoms with Crippen LogP contribution in [-0.4, -0.2) is 31.4 Å². The van der Waals surface area contributed by atoms with E-state index in [1.807, 2.05) is 55.4 Å². The first-order valence-electron chi connectivity index (χ1n) is 8.02. The highest BCUT2D eigenvalue weighted by Gasteiger charge is 2.25. The van der Waals surface area contributed by atoms with E-state index in [0.29, 0.717) is 18.0 Å². The summed E-state index contributed by atoms with van der Waals surface area (Å²) >= 11 is 5.94. The molecule has 1 heterocycles. The maximum atomic E-state index is 12.4. The molecular weight excluding hydrogens is 324 g/mol. The predicted molar refractivity (Wildman–Crippen MR) is 97.2 cm³/mol. The summed E-state index contributed by atoms with van der Waals surface area (Å²) in [7, 11) is 3.94. The van der Waals surface area contributed by atoms with E-state index < -0.39 is 0 Å². The molecule has 1 unspecified atom stereocenters. The fraction of sp³-hybridized carbons (Fsp3) is 0.421. The van der Waals surface area contributed by atoms with E-state index in [1.54, 1.807) is 6.26 Å². The van der Waals surface area contributed by atoms with Crippen LogP contribution in [0.3, 0.4) is 0 Å². The average Bonchev–Trinajstić information content (AvgIpc) is 3.01. The molecule has 2 rings (SSSR count). The van der Waals surface area contributed by atoms with Crippen LogP contribution in [0.2, 0.25) is 5.02 Å². The van der Waals surface area contributed by atoms with Crippen LogP contribution in [-0.2, 0) is 10.2 Å². The molecule has 4 nitrogen and oxygen atoms in total. The van der Waals surface area contributed by atoms with Gasteiger partial charge in [0.25, 0.3) is 0 Å². The smallest absolute Gasteiger partial charge is 0.220 e. The summed E-state index contributed by atoms with van der Waals surface area (Å²) in [5.74, 6) is 0.866. The number of hydrogen-bond donors (Lipinski definition) is 1. The van der Waals surface area contributed by atoms with Gasteiger partial charge in [-0.15, -0.1) is 0 Å². The van der Waals surface area contributed by atoms with Crippen molar-refractivity contribution in [2.24, 2.45) is 0 Å². The molecule has 1 aromatic carbocycles. The number of carbonyl (C=O) groups excluding carboxylic acids is 1. The summed E-state index contributed by atoms with van der Waals surface area (Å²) in [5, 5.41) is 3.72. The van der Waals surface area contributed by atoms with E-state index in [0.717, 1.165) is 11.3 Å². The van der Waals surface area contributed by atoms with Gasteiger partial charge < -0.3 is 9.73 Å². The van der Waals surface area contributed by atoms with Crippen LogP contribution >= 0.6 is 11.6 Å². The normalized spacial score (nSPS) is 13.1. The van der Waals surface area contributed by atoms with Gasteiger partial charge in [0, 0.05) is 18.0 Å². The lowest BCUT2D eigenvalue weighted by Gasteiger charge is -2.26. The summed E-state index contributed by atoms with van der Waals surface area (Å²) < 4.78 is 5.47. The zero-order chi connectivity index (χ0) is 17.7. The number of nitrogens with zero attached hydrogens (tertiary/aromatic N) is 1. The molecule has 1 amide bonds. The van der Waals surface area contributed by atoms with Gasteiger partial charge in [0.15, 0.2) is 0 Å². The summed E-state index contributed by atoms with van der Waals surface area (Å²) in [6, 6.07) is 11.5. The molecule has 0 fully saturated rings. The second-order valence-corrected chi connectivity index (χ2v) is 7.30. The van der Waals surface area contributed by atoms with Gasteiger partial charge in [0.2, 0.25) is 5.91 Å². The fourth-order valence-corrected chi connectivity index (χ4v) is 2.82. The van der Waals surface area contributed by atoms with Crippen LogP contribution in [0.25, 0.3) is 0 Å². The third-order valence-corrected chi connectivity index (χ3v) is 4.47. The fourth-order valence-electron chi connectivity index (χ4n) is 2.70. The number of benzene rings is 1. The Bertz CT molecular complexity index is 649. The van der Waals surface area contributed by atoms with Crippen molar-refractivity contribution in [3.05, 3.63) is 59.0 Å². The van der Waals surface area contributed by atoms with Crippen LogP contribution in [0.5, 0.6) is 0 Å². The molecule has 0 aliphatic rings. The van der Waals surface area contributed by atoms with Gasteiger partial charge >= 0.3 is 0 Å². The van der Waals surface area contributed by atoms with Crippen LogP contribution in [0.1, 0.15) is 37.6 Å². The molecule has 0 saturated heterocycles. The Hall–Kier alpha value is -1.78. The molecule has 130 valence electrons. The molecule has 1 N–H and O–H groups in total. The minimum atomic E-state index is -0.257. The number of hydrogen-bond acceptors (Lipinski definition) is 3. The third kappa shape index (κ3) is 4.86. The second kappa shape index (κ2) is 7.86. The Morgan fingerprint density at radius 3 is 2.46 bits per heavy atom. The van der Waals surface area contributed by atoms with Gasteiger partial charge in [-0.05, 0) is 49.3 Å². The van der Waals surface area contributed by atoms with E-state index in [1.165, 1.54) is 0 Å². The minimum absolute atomic E-state index is 0.0163. The SMILES string of the molecule is CN(C)C(CNC(=O)CC(C)(C)c1ccc(Cl)cc1)c1ccco1. The molecule has 0 saturated carbocycles. The average molecular weight is 349 g/mol. The first-order valence-corrected chi connectivity index (χ1v) is 8.40. The molecule has 2 aromatic rings. The molecule has 0 bridgehead atoms. The summed E-state index contributed by atoms with van der Waals surface area (Å²) in [5.41, 5.74) is 0.838. The molecule has 0 aliphatic carbocycles. The summed E-state index contributed by atoms with van der Waals surface area (Å²) in [6.45, 7) is 4.63. The molecule has 0 aliphatic heterocycles. The van der Waals surface area contributed by atoms with Crippen molar-refractivity contribution in [2.75, 3.05) is 20.6 Å². The molecular formula is C19H25ClN2O2. The highest BCUT2D eigenvalue weighted by molar-refractivity contribution is 6.30. The van der Waals surface area contributed by atoms with Crippen LogP contribution in [0.4, 0.5) is 0 Å². The highest BCUT2D eigenvalue weighted by Crippen LogP contribution is 2.28. The van der Waals surface area contributed by atoms with Gasteiger partial charge in [-0.2, -0.15) is 0 Å². The minimum Gasteiger partial charge on any atom is -0.468 e. The van der Waals surface area contributed by atoms with E-state index in [-0.39, 0.29) is 17.4 Å². The summed E-state index contributed by atoms with van der Waals surface area (Å²) in [6.07, 6.45) is 2.06. The van der Waals surface area contributed by atoms with Crippen molar-refractivity contribution < 1.29 is 9.21 Å². The number of carbonyl (C=O) groups is 1. The van der Waals surface area contributed by atoms with Crippen molar-refractivity contribution in [3.8, 4) is 0 Å². The lowest BCUT2D eigenvalue weighted by Crippen LogP contribution is -2.37. The lowest BCUT2D eigenvalue weighted by atomic mass is 9.81. The summed E-state index contributed by atoms with van der Waals surface area (Å²) in [4.78, 5) is 14.4. The Kier molecular flexibility index (Phi) is 6.08. The Morgan fingerprint density at radius 1 is 1.25 bits per heavy atom. The number of rotatable bonds is 7. The number of furan rings is 1. The Balaban J connectivity index is 1.95. The largest absolute Gasteiger partial charge is 0.468 e. The first-order chi connectivity index (χ1) is 11.3. The maximum Gasteiger partial charge on any atom is 0.220 e. The van der Waals surface area contributed by atoms with E-state index in [9.17, 15) is 4.79 Å². The molecule has 24 heavy (non-hydrogen) atoms. The van der Waals surface area contributed by atoms with Gasteiger partial charge in [-0.25, -0.2) is 0 Å². The third-order valence-electron chi connectivity index (χ3n) is 4.22. The van der Waals surface area contributed by atoms with Gasteiger partial charge in [-0.3, -0.25) is 9.69 Å². The molecule has 5 heteroatoms. The molecule has 1 aromatic heterocycles. The standard InChI is InChI=1S/C19H25ClN2O2/c1-19(2,14-7-9-15(20)10-8-14)12-18(23)21-13-16(22(3)4)17-6-5-11-24-17/h5-11,16H,12-13H2,1-4H3,(H,21,23). The van der Waals surface area contributed by atoms with Crippen molar-refractivity contribution in [1.82, 2.24) is 10.2 Å². The zero-order valence-electron chi connectivity index (χ0n) is 14.7. The number of likely N-dealkylation sites (N-methyl/N-ethyl adjacent to an activating group) is 1. The van der Waals surface area contributed by atoms with Crippen molar-refractivity contribution in [2.45, 2.75) is 31.7 Å². The first kappa shape index (κ1) is 18.6. The van der Waals surface area contributed by atoms with E-state index in [2.05, 4.69) is 19.2 Å². The van der Waals surface area contributed by atoms with Crippen LogP contribution in [0.15, 0.2) is 47.1 Å². The topological polar surface area (TPSA) is 45.5 Å². The molecule has 0 spiro atoms. The number of amides is 1. The van der Waals surface area contributed by atoms with Crippen LogP contribution in [0, 0.1) is 0 Å².